The van der Waals surface area contributed by atoms with Gasteiger partial charge in [0, 0.05) is 43.0 Å². The highest BCUT2D eigenvalue weighted by atomic mass is 35.5. The number of aliphatic hydroxyl groups excluding tert-OH is 1. The first-order valence-electron chi connectivity index (χ1n) is 10.6. The number of anilines is 2. The molecule has 1 aliphatic heterocycles. The number of halogens is 1. The predicted octanol–water partition coefficient (Wildman–Crippen LogP) is 3.43. The second-order valence-corrected chi connectivity index (χ2v) is 7.97. The third kappa shape index (κ3) is 4.42. The summed E-state index contributed by atoms with van der Waals surface area (Å²) in [6.45, 7) is 3.26. The third-order valence-corrected chi connectivity index (χ3v) is 5.78. The van der Waals surface area contributed by atoms with E-state index >= 15 is 0 Å². The summed E-state index contributed by atoms with van der Waals surface area (Å²) in [6.07, 6.45) is 5.97. The van der Waals surface area contributed by atoms with Gasteiger partial charge in [0.1, 0.15) is 6.26 Å². The fourth-order valence-electron chi connectivity index (χ4n) is 4.01. The molecule has 10 heteroatoms. The lowest BCUT2D eigenvalue weighted by atomic mass is 10.1. The Morgan fingerprint density at radius 2 is 2.18 bits per heavy atom. The molecule has 0 radical (unpaired) electrons. The Morgan fingerprint density at radius 3 is 2.94 bits per heavy atom. The van der Waals surface area contributed by atoms with Crippen LogP contribution < -0.4 is 10.2 Å². The summed E-state index contributed by atoms with van der Waals surface area (Å²) < 4.78 is 7.33. The van der Waals surface area contributed by atoms with Crippen molar-refractivity contribution in [2.75, 3.05) is 23.3 Å². The van der Waals surface area contributed by atoms with E-state index < -0.39 is 0 Å². The molecule has 2 N–H and O–H groups in total. The van der Waals surface area contributed by atoms with Gasteiger partial charge in [-0.25, -0.2) is 4.98 Å². The van der Waals surface area contributed by atoms with Crippen LogP contribution in [-0.2, 0) is 13.5 Å². The smallest absolute Gasteiger partial charge is 0.277 e. The zero-order valence-corrected chi connectivity index (χ0v) is 19.2. The van der Waals surface area contributed by atoms with Crippen LogP contribution in [-0.4, -0.2) is 50.0 Å². The SMILES string of the molecule is CCc1cc(-c2nc(C(=O)Nc3cc4c(cnn4C)cc3N3CC[C@H](O)C3)co2)ccn1.Cl. The van der Waals surface area contributed by atoms with Crippen LogP contribution in [0.2, 0.25) is 0 Å². The number of rotatable bonds is 5. The van der Waals surface area contributed by atoms with Gasteiger partial charge in [-0.15, -0.1) is 12.4 Å². The zero-order chi connectivity index (χ0) is 22.2. The number of nitrogens with one attached hydrogen (secondary N) is 1. The Hall–Kier alpha value is -3.43. The monoisotopic (exact) mass is 468 g/mol. The van der Waals surface area contributed by atoms with Crippen molar-refractivity contribution >= 4 is 40.6 Å². The number of nitrogens with zero attached hydrogens (tertiary/aromatic N) is 5. The number of β-amino-alcohol motifs (C(OH)–C–C–N with tert-alkyl or cyclic N) is 1. The van der Waals surface area contributed by atoms with Crippen molar-refractivity contribution in [1.82, 2.24) is 19.7 Å². The van der Waals surface area contributed by atoms with E-state index in [2.05, 4.69) is 25.3 Å². The minimum absolute atomic E-state index is 0. The molecule has 4 aromatic rings. The van der Waals surface area contributed by atoms with E-state index in [0.29, 0.717) is 31.1 Å². The molecule has 0 saturated carbocycles. The molecular weight excluding hydrogens is 444 g/mol. The lowest BCUT2D eigenvalue weighted by molar-refractivity contribution is 0.102. The van der Waals surface area contributed by atoms with Crippen molar-refractivity contribution in [1.29, 1.82) is 0 Å². The number of oxazole rings is 1. The molecule has 172 valence electrons. The maximum absolute atomic E-state index is 13.0. The molecule has 5 rings (SSSR count). The summed E-state index contributed by atoms with van der Waals surface area (Å²) in [6, 6.07) is 7.60. The maximum Gasteiger partial charge on any atom is 0.277 e. The van der Waals surface area contributed by atoms with Gasteiger partial charge >= 0.3 is 0 Å². The van der Waals surface area contributed by atoms with E-state index in [-0.39, 0.29) is 30.1 Å². The van der Waals surface area contributed by atoms with Gasteiger partial charge in [0.25, 0.3) is 5.91 Å². The molecular formula is C23H25ClN6O3. The number of benzene rings is 1. The van der Waals surface area contributed by atoms with Crippen LogP contribution in [0.5, 0.6) is 0 Å². The number of carbonyl (C=O) groups is 1. The number of aryl methyl sites for hydroxylation is 2. The fraction of sp³-hybridized carbons (Fsp3) is 0.304. The van der Waals surface area contributed by atoms with E-state index in [1.807, 2.05) is 32.2 Å². The van der Waals surface area contributed by atoms with Crippen LogP contribution in [0.25, 0.3) is 22.4 Å². The van der Waals surface area contributed by atoms with Gasteiger partial charge in [-0.05, 0) is 37.1 Å². The van der Waals surface area contributed by atoms with Gasteiger partial charge in [0.05, 0.1) is 29.2 Å². The first-order chi connectivity index (χ1) is 15.5. The fourth-order valence-corrected chi connectivity index (χ4v) is 4.01. The van der Waals surface area contributed by atoms with Gasteiger partial charge in [0.2, 0.25) is 5.89 Å². The standard InChI is InChI=1S/C23H24N6O3.ClH/c1-3-16-8-14(4-6-24-16)23-27-19(13-32-23)22(31)26-18-10-20-15(11-25-28(20)2)9-21(18)29-7-5-17(30)12-29;/h4,6,8-11,13,17,30H,3,5,7,12H2,1-2H3,(H,26,31);1H/t17-;/m0./s1. The third-order valence-electron chi connectivity index (χ3n) is 5.78. The molecule has 1 aromatic carbocycles. The highest BCUT2D eigenvalue weighted by Gasteiger charge is 2.25. The van der Waals surface area contributed by atoms with E-state index in [4.69, 9.17) is 4.42 Å². The van der Waals surface area contributed by atoms with Crippen LogP contribution in [0.3, 0.4) is 0 Å². The molecule has 1 fully saturated rings. The van der Waals surface area contributed by atoms with Gasteiger partial charge in [-0.3, -0.25) is 14.5 Å². The second-order valence-electron chi connectivity index (χ2n) is 7.97. The average molecular weight is 469 g/mol. The minimum Gasteiger partial charge on any atom is -0.444 e. The Kier molecular flexibility index (Phi) is 6.35. The molecule has 4 heterocycles. The summed E-state index contributed by atoms with van der Waals surface area (Å²) in [5, 5.41) is 18.3. The van der Waals surface area contributed by atoms with Gasteiger partial charge in [0.15, 0.2) is 5.69 Å². The highest BCUT2D eigenvalue weighted by Crippen LogP contribution is 2.34. The molecule has 3 aromatic heterocycles. The molecule has 1 amide bonds. The molecule has 9 nitrogen and oxygen atoms in total. The Bertz CT molecular complexity index is 1300. The Balaban J connectivity index is 0.00000259. The van der Waals surface area contributed by atoms with Crippen molar-refractivity contribution in [3.63, 3.8) is 0 Å². The number of carbonyl (C=O) groups excluding carboxylic acids is 1. The summed E-state index contributed by atoms with van der Waals surface area (Å²) in [5.41, 5.74) is 4.27. The second kappa shape index (κ2) is 9.21. The largest absolute Gasteiger partial charge is 0.444 e. The number of fused-ring (bicyclic) bond motifs is 1. The van der Waals surface area contributed by atoms with E-state index in [1.165, 1.54) is 6.26 Å². The number of aliphatic hydroxyl groups is 1. The number of hydrogen-bond acceptors (Lipinski definition) is 7. The molecule has 33 heavy (non-hydrogen) atoms. The quantitative estimate of drug-likeness (QED) is 0.461. The molecule has 0 aliphatic carbocycles. The lowest BCUT2D eigenvalue weighted by Gasteiger charge is -2.22. The Morgan fingerprint density at radius 1 is 1.33 bits per heavy atom. The zero-order valence-electron chi connectivity index (χ0n) is 18.4. The summed E-state index contributed by atoms with van der Waals surface area (Å²) in [4.78, 5) is 23.8. The number of amides is 1. The number of aromatic nitrogens is 4. The van der Waals surface area contributed by atoms with Crippen molar-refractivity contribution < 1.29 is 14.3 Å². The summed E-state index contributed by atoms with van der Waals surface area (Å²) >= 11 is 0. The normalized spacial score (nSPS) is 15.6. The van der Waals surface area contributed by atoms with E-state index in [0.717, 1.165) is 34.3 Å². The van der Waals surface area contributed by atoms with E-state index in [1.54, 1.807) is 23.1 Å². The van der Waals surface area contributed by atoms with Crippen molar-refractivity contribution in [2.24, 2.45) is 7.05 Å². The maximum atomic E-state index is 13.0. The topological polar surface area (TPSA) is 109 Å². The molecule has 0 spiro atoms. The molecule has 1 atom stereocenters. The summed E-state index contributed by atoms with van der Waals surface area (Å²) in [5.74, 6) is 0.00418. The lowest BCUT2D eigenvalue weighted by Crippen LogP contribution is -2.23. The van der Waals surface area contributed by atoms with Crippen LogP contribution >= 0.6 is 12.4 Å². The first kappa shape index (κ1) is 22.8. The Labute approximate surface area is 196 Å². The average Bonchev–Trinajstić information content (AvgIpc) is 3.54. The van der Waals surface area contributed by atoms with Crippen LogP contribution in [0.1, 0.15) is 29.5 Å². The first-order valence-corrected chi connectivity index (χ1v) is 10.6. The van der Waals surface area contributed by atoms with Crippen LogP contribution in [0.4, 0.5) is 11.4 Å². The van der Waals surface area contributed by atoms with Crippen LogP contribution in [0.15, 0.2) is 47.3 Å². The molecule has 0 unspecified atom stereocenters. The number of hydrogen-bond donors (Lipinski definition) is 2. The van der Waals surface area contributed by atoms with Crippen LogP contribution in [0, 0.1) is 0 Å². The van der Waals surface area contributed by atoms with Gasteiger partial charge in [-0.2, -0.15) is 5.10 Å². The number of pyridine rings is 1. The molecule has 1 aliphatic rings. The van der Waals surface area contributed by atoms with E-state index in [9.17, 15) is 9.90 Å². The predicted molar refractivity (Wildman–Crippen MR) is 128 cm³/mol. The van der Waals surface area contributed by atoms with Gasteiger partial charge < -0.3 is 19.7 Å². The van der Waals surface area contributed by atoms with Crippen molar-refractivity contribution in [3.05, 3.63) is 54.3 Å². The molecule has 0 bridgehead atoms. The summed E-state index contributed by atoms with van der Waals surface area (Å²) in [7, 11) is 1.86. The highest BCUT2D eigenvalue weighted by molar-refractivity contribution is 6.06. The minimum atomic E-state index is -0.380. The van der Waals surface area contributed by atoms with Crippen molar-refractivity contribution in [2.45, 2.75) is 25.9 Å². The van der Waals surface area contributed by atoms with Gasteiger partial charge in [-0.1, -0.05) is 6.92 Å². The molecule has 1 saturated heterocycles. The van der Waals surface area contributed by atoms with Crippen molar-refractivity contribution in [3.8, 4) is 11.5 Å².